The minimum absolute atomic E-state index is 0.295. The van der Waals surface area contributed by atoms with Gasteiger partial charge in [0, 0.05) is 18.7 Å². The van der Waals surface area contributed by atoms with Gasteiger partial charge in [0.15, 0.2) is 0 Å². The second-order valence-electron chi connectivity index (χ2n) is 4.57. The molecule has 0 aliphatic heterocycles. The zero-order valence-electron chi connectivity index (χ0n) is 11.8. The Hall–Kier alpha value is -2.30. The van der Waals surface area contributed by atoms with Gasteiger partial charge in [-0.05, 0) is 38.0 Å². The number of hydrogen-bond acceptors (Lipinski definition) is 5. The van der Waals surface area contributed by atoms with Crippen molar-refractivity contribution in [2.45, 2.75) is 20.3 Å². The van der Waals surface area contributed by atoms with Crippen LogP contribution in [-0.2, 0) is 6.42 Å². The van der Waals surface area contributed by atoms with Crippen LogP contribution in [0.25, 0.3) is 0 Å². The molecule has 0 unspecified atom stereocenters. The van der Waals surface area contributed by atoms with Gasteiger partial charge < -0.3 is 15.7 Å². The first kappa shape index (κ1) is 14.1. The van der Waals surface area contributed by atoms with E-state index in [4.69, 9.17) is 0 Å². The number of hydrogen-bond donors (Lipinski definition) is 3. The first-order valence-corrected chi connectivity index (χ1v) is 6.78. The monoisotopic (exact) mass is 272 g/mol. The number of benzene rings is 1. The number of anilines is 2. The maximum Gasteiger partial charge on any atom is 0.134 e. The standard InChI is InChI=1S/C15H20N4O/c1-3-16-14-11(2)15(19-10-18-14)17-9-8-12-4-6-13(20)7-5-12/h4-7,10,20H,3,8-9H2,1-2H3,(H2,16,17,18,19). The maximum absolute atomic E-state index is 9.24. The second kappa shape index (κ2) is 6.75. The van der Waals surface area contributed by atoms with Crippen LogP contribution >= 0.6 is 0 Å². The van der Waals surface area contributed by atoms with E-state index in [-0.39, 0.29) is 0 Å². The minimum Gasteiger partial charge on any atom is -0.508 e. The molecule has 0 saturated carbocycles. The zero-order chi connectivity index (χ0) is 14.4. The predicted molar refractivity (Wildman–Crippen MR) is 81.2 cm³/mol. The molecule has 0 saturated heterocycles. The third-order valence-corrected chi connectivity index (χ3v) is 3.07. The van der Waals surface area contributed by atoms with Crippen LogP contribution in [0.5, 0.6) is 5.75 Å². The summed E-state index contributed by atoms with van der Waals surface area (Å²) in [6.45, 7) is 5.67. The Bertz CT molecular complexity index is 554. The SMILES string of the molecule is CCNc1ncnc(NCCc2ccc(O)cc2)c1C. The normalized spacial score (nSPS) is 10.3. The molecular formula is C15H20N4O. The van der Waals surface area contributed by atoms with Crippen LogP contribution in [0.3, 0.4) is 0 Å². The summed E-state index contributed by atoms with van der Waals surface area (Å²) >= 11 is 0. The number of rotatable bonds is 6. The Morgan fingerprint density at radius 1 is 1.05 bits per heavy atom. The molecule has 3 N–H and O–H groups in total. The van der Waals surface area contributed by atoms with E-state index in [2.05, 4.69) is 20.6 Å². The number of nitrogens with one attached hydrogen (secondary N) is 2. The van der Waals surface area contributed by atoms with E-state index < -0.39 is 0 Å². The van der Waals surface area contributed by atoms with Crippen LogP contribution in [0, 0.1) is 6.92 Å². The fourth-order valence-electron chi connectivity index (χ4n) is 1.96. The van der Waals surface area contributed by atoms with Gasteiger partial charge in [-0.25, -0.2) is 9.97 Å². The van der Waals surface area contributed by atoms with Crippen LogP contribution in [0.15, 0.2) is 30.6 Å². The van der Waals surface area contributed by atoms with Gasteiger partial charge in [0.25, 0.3) is 0 Å². The highest BCUT2D eigenvalue weighted by molar-refractivity contribution is 5.56. The van der Waals surface area contributed by atoms with Gasteiger partial charge in [-0.15, -0.1) is 0 Å². The van der Waals surface area contributed by atoms with Gasteiger partial charge in [0.2, 0.25) is 0 Å². The van der Waals surface area contributed by atoms with Crippen molar-refractivity contribution in [2.24, 2.45) is 0 Å². The van der Waals surface area contributed by atoms with Crippen LogP contribution in [0.4, 0.5) is 11.6 Å². The molecule has 20 heavy (non-hydrogen) atoms. The first-order chi connectivity index (χ1) is 9.70. The van der Waals surface area contributed by atoms with Gasteiger partial charge in [-0.3, -0.25) is 0 Å². The van der Waals surface area contributed by atoms with Crippen molar-refractivity contribution in [3.63, 3.8) is 0 Å². The van der Waals surface area contributed by atoms with Crippen molar-refractivity contribution in [2.75, 3.05) is 23.7 Å². The van der Waals surface area contributed by atoms with E-state index in [1.165, 1.54) is 5.56 Å². The molecule has 0 bridgehead atoms. The highest BCUT2D eigenvalue weighted by Gasteiger charge is 2.05. The maximum atomic E-state index is 9.24. The van der Waals surface area contributed by atoms with Crippen LogP contribution in [0.1, 0.15) is 18.1 Å². The number of aromatic nitrogens is 2. The first-order valence-electron chi connectivity index (χ1n) is 6.78. The highest BCUT2D eigenvalue weighted by atomic mass is 16.3. The lowest BCUT2D eigenvalue weighted by molar-refractivity contribution is 0.475. The topological polar surface area (TPSA) is 70.1 Å². The quantitative estimate of drug-likeness (QED) is 0.754. The van der Waals surface area contributed by atoms with E-state index >= 15 is 0 Å². The summed E-state index contributed by atoms with van der Waals surface area (Å²) in [5, 5.41) is 15.8. The minimum atomic E-state index is 0.295. The van der Waals surface area contributed by atoms with E-state index in [0.29, 0.717) is 5.75 Å². The molecule has 0 aliphatic rings. The van der Waals surface area contributed by atoms with Gasteiger partial charge >= 0.3 is 0 Å². The number of aromatic hydroxyl groups is 1. The van der Waals surface area contributed by atoms with Crippen LogP contribution < -0.4 is 10.6 Å². The summed E-state index contributed by atoms with van der Waals surface area (Å²) in [5.41, 5.74) is 2.20. The van der Waals surface area contributed by atoms with Crippen molar-refractivity contribution in [1.82, 2.24) is 9.97 Å². The van der Waals surface area contributed by atoms with Crippen molar-refractivity contribution < 1.29 is 5.11 Å². The fourth-order valence-corrected chi connectivity index (χ4v) is 1.96. The lowest BCUT2D eigenvalue weighted by Crippen LogP contribution is -2.10. The van der Waals surface area contributed by atoms with Crippen LogP contribution in [-0.4, -0.2) is 28.2 Å². The molecule has 5 nitrogen and oxygen atoms in total. The molecule has 0 fully saturated rings. The smallest absolute Gasteiger partial charge is 0.134 e. The number of phenols is 1. The molecule has 0 aliphatic carbocycles. The van der Waals surface area contributed by atoms with Crippen molar-refractivity contribution in [3.8, 4) is 5.75 Å². The molecule has 2 aromatic rings. The summed E-state index contributed by atoms with van der Waals surface area (Å²) in [6, 6.07) is 7.25. The summed E-state index contributed by atoms with van der Waals surface area (Å²) in [4.78, 5) is 8.48. The van der Waals surface area contributed by atoms with Crippen molar-refractivity contribution in [3.05, 3.63) is 41.7 Å². The molecule has 1 aromatic carbocycles. The molecule has 1 heterocycles. The van der Waals surface area contributed by atoms with Crippen molar-refractivity contribution in [1.29, 1.82) is 0 Å². The largest absolute Gasteiger partial charge is 0.508 e. The number of phenolic OH excluding ortho intramolecular Hbond substituents is 1. The van der Waals surface area contributed by atoms with Gasteiger partial charge in [0.05, 0.1) is 0 Å². The Balaban J connectivity index is 1.94. The molecule has 5 heteroatoms. The van der Waals surface area contributed by atoms with Crippen LogP contribution in [0.2, 0.25) is 0 Å². The predicted octanol–water partition coefficient (Wildman–Crippen LogP) is 2.58. The highest BCUT2D eigenvalue weighted by Crippen LogP contribution is 2.18. The molecular weight excluding hydrogens is 252 g/mol. The van der Waals surface area contributed by atoms with E-state index in [9.17, 15) is 5.11 Å². The van der Waals surface area contributed by atoms with E-state index in [1.54, 1.807) is 18.5 Å². The Morgan fingerprint density at radius 3 is 2.35 bits per heavy atom. The molecule has 0 amide bonds. The molecule has 0 spiro atoms. The average molecular weight is 272 g/mol. The Kier molecular flexibility index (Phi) is 4.76. The Morgan fingerprint density at radius 2 is 1.70 bits per heavy atom. The summed E-state index contributed by atoms with van der Waals surface area (Å²) in [6.07, 6.45) is 2.44. The van der Waals surface area contributed by atoms with Gasteiger partial charge in [0.1, 0.15) is 23.7 Å². The molecule has 2 rings (SSSR count). The average Bonchev–Trinajstić information content (AvgIpc) is 2.45. The molecule has 0 radical (unpaired) electrons. The van der Waals surface area contributed by atoms with Crippen molar-refractivity contribution >= 4 is 11.6 Å². The Labute approximate surface area is 119 Å². The molecule has 0 atom stereocenters. The lowest BCUT2D eigenvalue weighted by Gasteiger charge is -2.11. The lowest BCUT2D eigenvalue weighted by atomic mass is 10.1. The van der Waals surface area contributed by atoms with Gasteiger partial charge in [-0.2, -0.15) is 0 Å². The summed E-state index contributed by atoms with van der Waals surface area (Å²) in [5.74, 6) is 2.02. The van der Waals surface area contributed by atoms with E-state index in [0.717, 1.165) is 36.7 Å². The summed E-state index contributed by atoms with van der Waals surface area (Å²) < 4.78 is 0. The van der Waals surface area contributed by atoms with E-state index in [1.807, 2.05) is 26.0 Å². The third-order valence-electron chi connectivity index (χ3n) is 3.07. The summed E-state index contributed by atoms with van der Waals surface area (Å²) in [7, 11) is 0. The molecule has 106 valence electrons. The second-order valence-corrected chi connectivity index (χ2v) is 4.57. The van der Waals surface area contributed by atoms with Gasteiger partial charge in [-0.1, -0.05) is 12.1 Å². The third kappa shape index (κ3) is 3.60. The fraction of sp³-hybridized carbons (Fsp3) is 0.333. The molecule has 1 aromatic heterocycles. The number of nitrogens with zero attached hydrogens (tertiary/aromatic N) is 2. The zero-order valence-corrected chi connectivity index (χ0v) is 11.8.